The number of allylic oxidation sites excluding steroid dienone is 4. The first-order valence-electron chi connectivity index (χ1n) is 19.4. The third kappa shape index (κ3) is 6.20. The van der Waals surface area contributed by atoms with Crippen molar-refractivity contribution >= 4 is 8.78 Å². The molecular formula is C53H43Zr. The summed E-state index contributed by atoms with van der Waals surface area (Å²) in [6.07, 6.45) is 9.96. The molecular weight excluding hydrogens is 728 g/mol. The summed E-state index contributed by atoms with van der Waals surface area (Å²) in [6.45, 7) is 4.69. The third-order valence-corrected chi connectivity index (χ3v) is 15.5. The Morgan fingerprint density at radius 3 is 1.59 bits per heavy atom. The molecule has 2 aliphatic carbocycles. The van der Waals surface area contributed by atoms with Gasteiger partial charge in [-0.1, -0.05) is 0 Å². The normalized spacial score (nSPS) is 14.0. The molecule has 0 aromatic heterocycles. The standard InChI is InChI=1S/C40H33.C13H10.Zr/c1-3-27-24-32-26-35-36(29-22-14-15-23-29)33(4-2)37(30-18-10-6-11-19-30)39(31-20-12-7-13-21-31)40(35)38(32)34(25-27)28-16-8-5-9-17-28;1-3-7-12(8-4-1)11-13-9-5-2-6-10-13;/h5-22,24-26H,3-4,23H2,1-2H3;1-10H;. The minimum atomic E-state index is -1.43. The molecule has 1 atom stereocenters. The first kappa shape index (κ1) is 34.5. The second-order valence-corrected chi connectivity index (χ2v) is 17.7. The molecule has 0 saturated heterocycles. The van der Waals surface area contributed by atoms with E-state index in [1.165, 1.54) is 83.5 Å². The Hall–Kier alpha value is -5.23. The van der Waals surface area contributed by atoms with E-state index in [1.54, 1.807) is 8.77 Å². The van der Waals surface area contributed by atoms with Crippen LogP contribution in [0.2, 0.25) is 0 Å². The van der Waals surface area contributed by atoms with Crippen LogP contribution in [0.15, 0.2) is 182 Å². The van der Waals surface area contributed by atoms with Crippen molar-refractivity contribution in [1.82, 2.24) is 0 Å². The second kappa shape index (κ2) is 15.3. The van der Waals surface area contributed by atoms with Crippen molar-refractivity contribution in [2.45, 2.75) is 36.7 Å². The molecule has 0 N–H and O–H groups in total. The number of benzene rings is 7. The summed E-state index contributed by atoms with van der Waals surface area (Å²) in [5.74, 6) is 0. The molecule has 2 aliphatic rings. The van der Waals surface area contributed by atoms with Crippen molar-refractivity contribution in [3.63, 3.8) is 0 Å². The fourth-order valence-electron chi connectivity index (χ4n) is 8.82. The minimum absolute atomic E-state index is 0.317. The van der Waals surface area contributed by atoms with Gasteiger partial charge in [-0.2, -0.15) is 0 Å². The van der Waals surface area contributed by atoms with Gasteiger partial charge in [-0.15, -0.1) is 0 Å². The van der Waals surface area contributed by atoms with Gasteiger partial charge in [0.1, 0.15) is 0 Å². The Bertz CT molecular complexity index is 2500. The van der Waals surface area contributed by atoms with E-state index in [1.807, 2.05) is 0 Å². The molecule has 0 fully saturated rings. The average molecular weight is 771 g/mol. The third-order valence-electron chi connectivity index (χ3n) is 11.2. The van der Waals surface area contributed by atoms with Gasteiger partial charge in [0.25, 0.3) is 0 Å². The van der Waals surface area contributed by atoms with E-state index < -0.39 is 22.8 Å². The van der Waals surface area contributed by atoms with Crippen LogP contribution >= 0.6 is 0 Å². The summed E-state index contributed by atoms with van der Waals surface area (Å²) in [4.78, 5) is 0. The number of hydrogen-bond donors (Lipinski definition) is 0. The van der Waals surface area contributed by atoms with Gasteiger partial charge in [0, 0.05) is 0 Å². The molecule has 0 bridgehead atoms. The van der Waals surface area contributed by atoms with Crippen LogP contribution in [-0.4, -0.2) is 3.21 Å². The molecule has 9 rings (SSSR count). The van der Waals surface area contributed by atoms with E-state index in [-0.39, 0.29) is 0 Å². The Labute approximate surface area is 331 Å². The Morgan fingerprint density at radius 2 is 1.07 bits per heavy atom. The van der Waals surface area contributed by atoms with E-state index in [4.69, 9.17) is 0 Å². The predicted molar refractivity (Wildman–Crippen MR) is 227 cm³/mol. The average Bonchev–Trinajstić information content (AvgIpc) is 3.90. The predicted octanol–water partition coefficient (Wildman–Crippen LogP) is 13.6. The zero-order valence-corrected chi connectivity index (χ0v) is 33.5. The summed E-state index contributed by atoms with van der Waals surface area (Å²) >= 11 is -1.43. The Kier molecular flexibility index (Phi) is 9.76. The van der Waals surface area contributed by atoms with Crippen molar-refractivity contribution in [2.75, 3.05) is 0 Å². The molecule has 1 unspecified atom stereocenters. The number of fused-ring (bicyclic) bond motifs is 3. The van der Waals surface area contributed by atoms with E-state index in [0.717, 1.165) is 19.3 Å². The monoisotopic (exact) mass is 769 g/mol. The van der Waals surface area contributed by atoms with Crippen LogP contribution in [0.4, 0.5) is 0 Å². The van der Waals surface area contributed by atoms with Gasteiger partial charge in [-0.25, -0.2) is 0 Å². The topological polar surface area (TPSA) is 0 Å². The van der Waals surface area contributed by atoms with Gasteiger partial charge < -0.3 is 0 Å². The van der Waals surface area contributed by atoms with Crippen LogP contribution in [0.5, 0.6) is 0 Å². The van der Waals surface area contributed by atoms with Crippen LogP contribution < -0.4 is 0 Å². The fourth-order valence-corrected chi connectivity index (χ4v) is 13.2. The zero-order chi connectivity index (χ0) is 36.4. The summed E-state index contributed by atoms with van der Waals surface area (Å²) < 4.78 is 1.87. The summed E-state index contributed by atoms with van der Waals surface area (Å²) in [6, 6.07) is 61.3. The van der Waals surface area contributed by atoms with Crippen molar-refractivity contribution in [1.29, 1.82) is 0 Å². The molecule has 0 heterocycles. The molecule has 0 spiro atoms. The number of rotatable bonds is 9. The van der Waals surface area contributed by atoms with Gasteiger partial charge >= 0.3 is 334 Å². The molecule has 7 aromatic carbocycles. The van der Waals surface area contributed by atoms with Gasteiger partial charge in [-0.3, -0.25) is 0 Å². The number of hydrogen-bond acceptors (Lipinski definition) is 0. The molecule has 0 nitrogen and oxygen atoms in total. The van der Waals surface area contributed by atoms with Crippen molar-refractivity contribution in [2.24, 2.45) is 0 Å². The SMILES string of the molecule is CCc1cc(-c2ccccc2)c2c(c1)[CH]([Zr]=[C](c1ccccc1)c1ccccc1)c1c(C3=CC=CC3)c(CC)c(-c3ccccc3)c(-c3ccccc3)c1-2. The van der Waals surface area contributed by atoms with E-state index in [9.17, 15) is 0 Å². The maximum absolute atomic E-state index is 2.61. The van der Waals surface area contributed by atoms with Gasteiger partial charge in [-0.05, 0) is 0 Å². The number of aryl methyl sites for hydroxylation is 1. The molecule has 7 aromatic rings. The Morgan fingerprint density at radius 1 is 0.537 bits per heavy atom. The molecule has 0 radical (unpaired) electrons. The summed E-state index contributed by atoms with van der Waals surface area (Å²) in [7, 11) is 0. The Balaban J connectivity index is 1.51. The van der Waals surface area contributed by atoms with Crippen LogP contribution in [-0.2, 0) is 35.6 Å². The molecule has 0 amide bonds. The quantitative estimate of drug-likeness (QED) is 0.137. The van der Waals surface area contributed by atoms with Gasteiger partial charge in [0.2, 0.25) is 0 Å². The zero-order valence-electron chi connectivity index (χ0n) is 31.0. The van der Waals surface area contributed by atoms with Gasteiger partial charge in [0.05, 0.1) is 0 Å². The molecule has 1 heteroatoms. The van der Waals surface area contributed by atoms with E-state index in [0.29, 0.717) is 3.63 Å². The van der Waals surface area contributed by atoms with Gasteiger partial charge in [0.15, 0.2) is 0 Å². The molecule has 0 saturated carbocycles. The van der Waals surface area contributed by atoms with E-state index in [2.05, 4.69) is 196 Å². The molecule has 259 valence electrons. The first-order chi connectivity index (χ1) is 26.7. The summed E-state index contributed by atoms with van der Waals surface area (Å²) in [5.41, 5.74) is 22.5. The van der Waals surface area contributed by atoms with E-state index >= 15 is 0 Å². The first-order valence-corrected chi connectivity index (χ1v) is 22.1. The summed E-state index contributed by atoms with van der Waals surface area (Å²) in [5, 5.41) is 0. The fraction of sp³-hybridized carbons (Fsp3) is 0.113. The van der Waals surface area contributed by atoms with Crippen molar-refractivity contribution < 1.29 is 22.8 Å². The van der Waals surface area contributed by atoms with Crippen LogP contribution in [0.1, 0.15) is 62.8 Å². The molecule has 54 heavy (non-hydrogen) atoms. The van der Waals surface area contributed by atoms with Crippen LogP contribution in [0.25, 0.3) is 50.1 Å². The van der Waals surface area contributed by atoms with Crippen LogP contribution in [0.3, 0.4) is 0 Å². The van der Waals surface area contributed by atoms with Crippen molar-refractivity contribution in [3.05, 3.63) is 221 Å². The maximum atomic E-state index is 2.61. The van der Waals surface area contributed by atoms with Crippen molar-refractivity contribution in [3.8, 4) is 44.5 Å². The molecule has 0 aliphatic heterocycles. The second-order valence-electron chi connectivity index (χ2n) is 14.3. The van der Waals surface area contributed by atoms with Crippen LogP contribution in [0, 0.1) is 0 Å².